The maximum absolute atomic E-state index is 12.9. The molecular formula is C17H27NO3. The van der Waals surface area contributed by atoms with Crippen LogP contribution in [0.2, 0.25) is 0 Å². The summed E-state index contributed by atoms with van der Waals surface area (Å²) in [4.78, 5) is 23.8. The second-order valence-electron chi connectivity index (χ2n) is 7.75. The van der Waals surface area contributed by atoms with E-state index in [9.17, 15) is 9.59 Å². The summed E-state index contributed by atoms with van der Waals surface area (Å²) in [6, 6.07) is -0.201. The van der Waals surface area contributed by atoms with Crippen LogP contribution in [0.1, 0.15) is 64.7 Å². The fraction of sp³-hybridized carbons (Fsp3) is 0.882. The van der Waals surface area contributed by atoms with Gasteiger partial charge in [0.2, 0.25) is 5.91 Å². The summed E-state index contributed by atoms with van der Waals surface area (Å²) in [7, 11) is 0. The largest absolute Gasteiger partial charge is 0.481 e. The molecule has 4 nitrogen and oxygen atoms in total. The predicted octanol–water partition coefficient (Wildman–Crippen LogP) is 2.96. The molecular weight excluding hydrogens is 266 g/mol. The molecule has 0 radical (unpaired) electrons. The molecule has 4 bridgehead atoms. The molecule has 118 valence electrons. The van der Waals surface area contributed by atoms with Crippen molar-refractivity contribution < 1.29 is 14.7 Å². The number of amides is 1. The number of aliphatic carboxylic acids is 1. The minimum atomic E-state index is -0.820. The van der Waals surface area contributed by atoms with E-state index in [0.29, 0.717) is 0 Å². The molecule has 0 heterocycles. The van der Waals surface area contributed by atoms with Crippen molar-refractivity contribution in [2.45, 2.75) is 70.8 Å². The molecule has 0 saturated heterocycles. The van der Waals surface area contributed by atoms with Gasteiger partial charge in [-0.05, 0) is 62.7 Å². The maximum atomic E-state index is 12.9. The minimum Gasteiger partial charge on any atom is -0.481 e. The Bertz CT molecular complexity index is 396. The molecule has 4 fully saturated rings. The van der Waals surface area contributed by atoms with E-state index < -0.39 is 5.97 Å². The third-order valence-electron chi connectivity index (χ3n) is 5.91. The number of hydrogen-bond donors (Lipinski definition) is 2. The Morgan fingerprint density at radius 2 is 1.67 bits per heavy atom. The predicted molar refractivity (Wildman–Crippen MR) is 79.7 cm³/mol. The van der Waals surface area contributed by atoms with Gasteiger partial charge in [0.05, 0.1) is 6.42 Å². The molecule has 0 aromatic carbocycles. The molecule has 4 saturated carbocycles. The Hall–Kier alpha value is -1.06. The second kappa shape index (κ2) is 5.62. The van der Waals surface area contributed by atoms with Crippen molar-refractivity contribution in [3.63, 3.8) is 0 Å². The zero-order chi connectivity index (χ0) is 15.0. The lowest BCUT2D eigenvalue weighted by atomic mass is 9.49. The average molecular weight is 293 g/mol. The van der Waals surface area contributed by atoms with Gasteiger partial charge in [-0.25, -0.2) is 0 Å². The van der Waals surface area contributed by atoms with E-state index in [1.165, 1.54) is 19.3 Å². The van der Waals surface area contributed by atoms with Crippen molar-refractivity contribution in [3.8, 4) is 0 Å². The molecule has 1 atom stereocenters. The average Bonchev–Trinajstić information content (AvgIpc) is 2.36. The van der Waals surface area contributed by atoms with Crippen LogP contribution in [0, 0.1) is 23.2 Å². The van der Waals surface area contributed by atoms with Crippen molar-refractivity contribution in [2.75, 3.05) is 0 Å². The van der Waals surface area contributed by atoms with E-state index in [4.69, 9.17) is 5.11 Å². The third-order valence-corrected chi connectivity index (χ3v) is 5.91. The number of carbonyl (C=O) groups is 2. The topological polar surface area (TPSA) is 66.4 Å². The van der Waals surface area contributed by atoms with Gasteiger partial charge in [0, 0.05) is 11.5 Å². The van der Waals surface area contributed by atoms with Crippen molar-refractivity contribution in [1.29, 1.82) is 0 Å². The van der Waals surface area contributed by atoms with E-state index in [1.807, 2.05) is 6.92 Å². The number of carboxylic acid groups (broad SMARTS) is 1. The summed E-state index contributed by atoms with van der Waals surface area (Å²) in [5.74, 6) is 1.56. The van der Waals surface area contributed by atoms with E-state index in [1.54, 1.807) is 0 Å². The van der Waals surface area contributed by atoms with Gasteiger partial charge >= 0.3 is 5.97 Å². The molecule has 1 unspecified atom stereocenters. The molecule has 0 aliphatic heterocycles. The lowest BCUT2D eigenvalue weighted by Gasteiger charge is -2.55. The quantitative estimate of drug-likeness (QED) is 0.791. The highest BCUT2D eigenvalue weighted by atomic mass is 16.4. The zero-order valence-electron chi connectivity index (χ0n) is 12.9. The number of hydrogen-bond acceptors (Lipinski definition) is 2. The summed E-state index contributed by atoms with van der Waals surface area (Å²) in [5, 5.41) is 12.1. The minimum absolute atomic E-state index is 0.0476. The van der Waals surface area contributed by atoms with Gasteiger partial charge in [-0.3, -0.25) is 9.59 Å². The van der Waals surface area contributed by atoms with Crippen molar-refractivity contribution in [1.82, 2.24) is 5.32 Å². The SMILES string of the molecule is CCCC(CC(=O)O)NC(=O)C12CC3CC(CC(C3)C1)C2. The van der Waals surface area contributed by atoms with Gasteiger partial charge in [-0.2, -0.15) is 0 Å². The van der Waals surface area contributed by atoms with Crippen LogP contribution in [0.4, 0.5) is 0 Å². The van der Waals surface area contributed by atoms with Crippen LogP contribution >= 0.6 is 0 Å². The lowest BCUT2D eigenvalue weighted by molar-refractivity contribution is -0.147. The fourth-order valence-electron chi connectivity index (χ4n) is 5.51. The molecule has 4 rings (SSSR count). The van der Waals surface area contributed by atoms with Gasteiger partial charge in [0.25, 0.3) is 0 Å². The number of carboxylic acids is 1. The second-order valence-corrected chi connectivity index (χ2v) is 7.75. The first-order valence-electron chi connectivity index (χ1n) is 8.53. The van der Waals surface area contributed by atoms with Crippen molar-refractivity contribution in [3.05, 3.63) is 0 Å². The van der Waals surface area contributed by atoms with Crippen LogP contribution < -0.4 is 5.32 Å². The summed E-state index contributed by atoms with van der Waals surface area (Å²) in [6.45, 7) is 2.03. The highest BCUT2D eigenvalue weighted by molar-refractivity contribution is 5.84. The number of nitrogens with one attached hydrogen (secondary N) is 1. The smallest absolute Gasteiger partial charge is 0.305 e. The van der Waals surface area contributed by atoms with Gasteiger partial charge in [-0.1, -0.05) is 13.3 Å². The monoisotopic (exact) mass is 293 g/mol. The summed E-state index contributed by atoms with van der Waals surface area (Å²) in [6.07, 6.45) is 8.78. The molecule has 4 heteroatoms. The molecule has 0 aromatic heterocycles. The Labute approximate surface area is 126 Å². The van der Waals surface area contributed by atoms with E-state index in [-0.39, 0.29) is 23.8 Å². The zero-order valence-corrected chi connectivity index (χ0v) is 12.9. The van der Waals surface area contributed by atoms with Gasteiger partial charge in [0.15, 0.2) is 0 Å². The van der Waals surface area contributed by atoms with Crippen LogP contribution in [0.25, 0.3) is 0 Å². The lowest BCUT2D eigenvalue weighted by Crippen LogP contribution is -2.55. The number of carbonyl (C=O) groups excluding carboxylic acids is 1. The molecule has 4 aliphatic rings. The standard InChI is InChI=1S/C17H27NO3/c1-2-3-14(7-15(19)20)18-16(21)17-8-11-4-12(9-17)6-13(5-11)10-17/h11-14H,2-10H2,1H3,(H,18,21)(H,19,20). The van der Waals surface area contributed by atoms with Gasteiger partial charge < -0.3 is 10.4 Å². The molecule has 1 amide bonds. The van der Waals surface area contributed by atoms with E-state index >= 15 is 0 Å². The van der Waals surface area contributed by atoms with Gasteiger partial charge in [-0.15, -0.1) is 0 Å². The number of rotatable bonds is 6. The third kappa shape index (κ3) is 2.95. The van der Waals surface area contributed by atoms with Crippen LogP contribution in [0.3, 0.4) is 0 Å². The summed E-state index contributed by atoms with van der Waals surface area (Å²) >= 11 is 0. The fourth-order valence-corrected chi connectivity index (χ4v) is 5.51. The van der Waals surface area contributed by atoms with Crippen LogP contribution in [0.5, 0.6) is 0 Å². The highest BCUT2D eigenvalue weighted by Gasteiger charge is 2.54. The Morgan fingerprint density at radius 1 is 1.14 bits per heavy atom. The summed E-state index contributed by atoms with van der Waals surface area (Å²) < 4.78 is 0. The maximum Gasteiger partial charge on any atom is 0.305 e. The molecule has 0 spiro atoms. The Kier molecular flexibility index (Phi) is 3.98. The first-order chi connectivity index (χ1) is 10.0. The molecule has 21 heavy (non-hydrogen) atoms. The van der Waals surface area contributed by atoms with Crippen molar-refractivity contribution in [2.24, 2.45) is 23.2 Å². The Balaban J connectivity index is 1.68. The molecule has 0 aromatic rings. The highest BCUT2D eigenvalue weighted by Crippen LogP contribution is 2.60. The normalized spacial score (nSPS) is 38.2. The first kappa shape index (κ1) is 14.9. The van der Waals surface area contributed by atoms with Gasteiger partial charge in [0.1, 0.15) is 0 Å². The Morgan fingerprint density at radius 3 is 2.10 bits per heavy atom. The van der Waals surface area contributed by atoms with Crippen LogP contribution in [-0.4, -0.2) is 23.0 Å². The molecule has 4 aliphatic carbocycles. The van der Waals surface area contributed by atoms with Crippen LogP contribution in [0.15, 0.2) is 0 Å². The van der Waals surface area contributed by atoms with E-state index in [2.05, 4.69) is 5.32 Å². The van der Waals surface area contributed by atoms with Crippen molar-refractivity contribution >= 4 is 11.9 Å². The molecule has 2 N–H and O–H groups in total. The summed E-state index contributed by atoms with van der Waals surface area (Å²) in [5.41, 5.74) is -0.167. The first-order valence-corrected chi connectivity index (χ1v) is 8.53. The van der Waals surface area contributed by atoms with E-state index in [0.717, 1.165) is 49.9 Å². The van der Waals surface area contributed by atoms with Crippen LogP contribution in [-0.2, 0) is 9.59 Å².